The van der Waals surface area contributed by atoms with E-state index in [0.29, 0.717) is 0 Å². The topological polar surface area (TPSA) is 12.4 Å². The summed E-state index contributed by atoms with van der Waals surface area (Å²) < 4.78 is 0. The second-order valence-corrected chi connectivity index (χ2v) is 6.28. The Kier molecular flexibility index (Phi) is 3.42. The molecule has 0 aliphatic heterocycles. The molecule has 4 aromatic rings. The van der Waals surface area contributed by atoms with E-state index in [9.17, 15) is 0 Å². The second kappa shape index (κ2) is 5.61. The van der Waals surface area contributed by atoms with E-state index in [2.05, 4.69) is 78.3 Å². The van der Waals surface area contributed by atoms with Gasteiger partial charge in [-0.3, -0.25) is 4.99 Å². The van der Waals surface area contributed by atoms with Crippen LogP contribution in [-0.4, -0.2) is 5.71 Å². The first kappa shape index (κ1) is 14.6. The van der Waals surface area contributed by atoms with Crippen molar-refractivity contribution in [2.45, 2.75) is 13.8 Å². The summed E-state index contributed by atoms with van der Waals surface area (Å²) in [7, 11) is 0. The van der Waals surface area contributed by atoms with Crippen LogP contribution >= 0.6 is 0 Å². The maximum atomic E-state index is 4.52. The van der Waals surface area contributed by atoms with E-state index < -0.39 is 0 Å². The predicted octanol–water partition coefficient (Wildman–Crippen LogP) is 6.49. The van der Waals surface area contributed by atoms with Gasteiger partial charge in [-0.15, -0.1) is 0 Å². The van der Waals surface area contributed by atoms with Crippen LogP contribution in [0.25, 0.3) is 32.3 Å². The number of rotatable bonds is 2. The minimum Gasteiger partial charge on any atom is -0.258 e. The first-order valence-corrected chi connectivity index (χ1v) is 8.19. The van der Waals surface area contributed by atoms with Crippen LogP contribution in [0.2, 0.25) is 0 Å². The fourth-order valence-electron chi connectivity index (χ4n) is 3.48. The molecule has 1 nitrogen and oxygen atoms in total. The van der Waals surface area contributed by atoms with Gasteiger partial charge in [0.15, 0.2) is 0 Å². The lowest BCUT2D eigenvalue weighted by Gasteiger charge is -2.11. The van der Waals surface area contributed by atoms with E-state index in [-0.39, 0.29) is 0 Å². The molecule has 0 spiro atoms. The Balaban J connectivity index is 2.16. The van der Waals surface area contributed by atoms with Crippen LogP contribution in [0.1, 0.15) is 19.4 Å². The van der Waals surface area contributed by atoms with E-state index in [0.717, 1.165) is 17.0 Å². The molecule has 0 saturated carbocycles. The van der Waals surface area contributed by atoms with E-state index in [1.54, 1.807) is 0 Å². The summed E-state index contributed by atoms with van der Waals surface area (Å²) in [5.41, 5.74) is 2.98. The third kappa shape index (κ3) is 2.30. The van der Waals surface area contributed by atoms with Gasteiger partial charge in [0, 0.05) is 11.4 Å². The monoisotopic (exact) mass is 309 g/mol. The fraction of sp³-hybridized carbons (Fsp3) is 0.0870. The van der Waals surface area contributed by atoms with E-state index in [1.807, 2.05) is 13.8 Å². The molecule has 4 aromatic carbocycles. The Labute approximate surface area is 142 Å². The van der Waals surface area contributed by atoms with Crippen molar-refractivity contribution in [1.29, 1.82) is 0 Å². The molecule has 0 aliphatic rings. The van der Waals surface area contributed by atoms with Crippen molar-refractivity contribution < 1.29 is 0 Å². The summed E-state index contributed by atoms with van der Waals surface area (Å²) >= 11 is 0. The third-order valence-corrected chi connectivity index (χ3v) is 4.52. The fourth-order valence-corrected chi connectivity index (χ4v) is 3.48. The van der Waals surface area contributed by atoms with Gasteiger partial charge < -0.3 is 0 Å². The summed E-state index contributed by atoms with van der Waals surface area (Å²) in [5.74, 6) is 0. The van der Waals surface area contributed by atoms with E-state index in [4.69, 9.17) is 0 Å². The normalized spacial score (nSPS) is 12.2. The molecule has 0 aliphatic carbocycles. The largest absolute Gasteiger partial charge is 0.258 e. The highest BCUT2D eigenvalue weighted by atomic mass is 14.7. The number of hydrogen-bond acceptors (Lipinski definition) is 1. The second-order valence-electron chi connectivity index (χ2n) is 6.28. The van der Waals surface area contributed by atoms with Crippen molar-refractivity contribution in [3.63, 3.8) is 0 Å². The maximum Gasteiger partial charge on any atom is 0.0448 e. The molecular formula is C23H19N. The predicted molar refractivity (Wildman–Crippen MR) is 106 cm³/mol. The molecule has 0 unspecified atom stereocenters. The number of benzene rings is 4. The maximum absolute atomic E-state index is 4.52. The highest BCUT2D eigenvalue weighted by molar-refractivity contribution is 6.26. The van der Waals surface area contributed by atoms with Crippen molar-refractivity contribution in [3.05, 3.63) is 84.6 Å². The number of fused-ring (bicyclic) bond motifs is 6. The highest BCUT2D eigenvalue weighted by Crippen LogP contribution is 2.35. The van der Waals surface area contributed by atoms with Gasteiger partial charge in [0.1, 0.15) is 0 Å². The minimum atomic E-state index is 0.830. The zero-order valence-corrected chi connectivity index (χ0v) is 14.0. The summed E-state index contributed by atoms with van der Waals surface area (Å²) in [6, 6.07) is 23.9. The third-order valence-electron chi connectivity index (χ3n) is 4.52. The van der Waals surface area contributed by atoms with Crippen LogP contribution in [0.4, 0.5) is 0 Å². The Morgan fingerprint density at radius 1 is 0.667 bits per heavy atom. The van der Waals surface area contributed by atoms with Crippen LogP contribution in [0.5, 0.6) is 0 Å². The molecule has 4 rings (SSSR count). The lowest BCUT2D eigenvalue weighted by atomic mass is 9.93. The molecule has 1 heteroatoms. The molecule has 116 valence electrons. The average Bonchev–Trinajstić information content (AvgIpc) is 2.61. The number of aliphatic imine (C=N–C) groups is 1. The van der Waals surface area contributed by atoms with Crippen molar-refractivity contribution in [2.75, 3.05) is 0 Å². The van der Waals surface area contributed by atoms with Gasteiger partial charge in [-0.1, -0.05) is 67.2 Å². The molecular weight excluding hydrogens is 290 g/mol. The lowest BCUT2D eigenvalue weighted by Crippen LogP contribution is -1.95. The molecule has 0 amide bonds. The Morgan fingerprint density at radius 3 is 1.62 bits per heavy atom. The van der Waals surface area contributed by atoms with Crippen molar-refractivity contribution >= 4 is 38.0 Å². The molecule has 0 heterocycles. The Morgan fingerprint density at radius 2 is 1.12 bits per heavy atom. The Bertz CT molecular complexity index is 1100. The van der Waals surface area contributed by atoms with Crippen molar-refractivity contribution in [3.8, 4) is 0 Å². The summed E-state index contributed by atoms with van der Waals surface area (Å²) in [6.07, 6.45) is 0. The molecule has 0 atom stereocenters. The first-order valence-electron chi connectivity index (χ1n) is 8.19. The first-order chi connectivity index (χ1) is 11.6. The van der Waals surface area contributed by atoms with Crippen molar-refractivity contribution in [2.24, 2.45) is 4.99 Å². The van der Waals surface area contributed by atoms with Crippen LogP contribution in [0, 0.1) is 0 Å². The summed E-state index contributed by atoms with van der Waals surface area (Å²) in [4.78, 5) is 4.52. The van der Waals surface area contributed by atoms with Crippen LogP contribution < -0.4 is 0 Å². The molecule has 0 radical (unpaired) electrons. The van der Waals surface area contributed by atoms with Gasteiger partial charge >= 0.3 is 0 Å². The highest BCUT2D eigenvalue weighted by Gasteiger charge is 2.09. The molecule has 24 heavy (non-hydrogen) atoms. The minimum absolute atomic E-state index is 0.830. The van der Waals surface area contributed by atoms with E-state index in [1.165, 1.54) is 32.3 Å². The SMILES string of the molecule is C=C(C)N=C(C)c1ccc2c3ccccc3c3ccccc3c2c1. The van der Waals surface area contributed by atoms with Gasteiger partial charge in [-0.05, 0) is 57.8 Å². The van der Waals surface area contributed by atoms with Gasteiger partial charge in [0.25, 0.3) is 0 Å². The van der Waals surface area contributed by atoms with Gasteiger partial charge in [0.05, 0.1) is 0 Å². The van der Waals surface area contributed by atoms with Gasteiger partial charge in [-0.25, -0.2) is 0 Å². The molecule has 0 saturated heterocycles. The zero-order valence-electron chi connectivity index (χ0n) is 14.0. The van der Waals surface area contributed by atoms with Gasteiger partial charge in [-0.2, -0.15) is 0 Å². The average molecular weight is 309 g/mol. The van der Waals surface area contributed by atoms with Crippen LogP contribution in [0.3, 0.4) is 0 Å². The van der Waals surface area contributed by atoms with E-state index >= 15 is 0 Å². The summed E-state index contributed by atoms with van der Waals surface area (Å²) in [5, 5.41) is 7.76. The molecule has 0 aromatic heterocycles. The number of hydrogen-bond donors (Lipinski definition) is 0. The standard InChI is InChI=1S/C23H19N/c1-15(2)24-16(3)17-12-13-22-20-10-5-4-8-18(20)19-9-6-7-11-21(19)23(22)14-17/h4-14H,1H2,2-3H3. The molecule has 0 bridgehead atoms. The quantitative estimate of drug-likeness (QED) is 0.296. The van der Waals surface area contributed by atoms with Gasteiger partial charge in [0.2, 0.25) is 0 Å². The zero-order chi connectivity index (χ0) is 16.7. The number of allylic oxidation sites excluding steroid dienone is 1. The molecule has 0 N–H and O–H groups in total. The smallest absolute Gasteiger partial charge is 0.0448 e. The summed E-state index contributed by atoms with van der Waals surface area (Å²) in [6.45, 7) is 7.85. The Hall–Kier alpha value is -2.93. The van der Waals surface area contributed by atoms with Crippen molar-refractivity contribution in [1.82, 2.24) is 0 Å². The molecule has 0 fully saturated rings. The lowest BCUT2D eigenvalue weighted by molar-refractivity contribution is 1.31. The van der Waals surface area contributed by atoms with Crippen LogP contribution in [0.15, 0.2) is 84.0 Å². The van der Waals surface area contributed by atoms with Crippen LogP contribution in [-0.2, 0) is 0 Å². The number of nitrogens with zero attached hydrogens (tertiary/aromatic N) is 1.